The summed E-state index contributed by atoms with van der Waals surface area (Å²) in [7, 11) is 0. The molecule has 0 amide bonds. The Bertz CT molecular complexity index is 326. The molecule has 0 nitrogen and oxygen atoms in total. The second-order valence-electron chi connectivity index (χ2n) is 5.77. The summed E-state index contributed by atoms with van der Waals surface area (Å²) >= 11 is 3.67. The molecule has 1 heteroatoms. The lowest BCUT2D eigenvalue weighted by Crippen LogP contribution is -2.21. The van der Waals surface area contributed by atoms with Gasteiger partial charge in [0.1, 0.15) is 0 Å². The molecule has 0 spiro atoms. The van der Waals surface area contributed by atoms with Crippen LogP contribution in [0.1, 0.15) is 57.6 Å². The summed E-state index contributed by atoms with van der Waals surface area (Å²) < 4.78 is 0. The van der Waals surface area contributed by atoms with E-state index < -0.39 is 0 Å². The standard InChI is InChI=1S/C16H25Br/c1-5-10-16(4,12-17)11-14-6-8-15(9-7-14)13(2)3/h6-9,13H,5,10-12H2,1-4H3. The number of halogens is 1. The molecule has 0 aliphatic rings. The smallest absolute Gasteiger partial charge is 0.00885 e. The van der Waals surface area contributed by atoms with Gasteiger partial charge in [0.15, 0.2) is 0 Å². The van der Waals surface area contributed by atoms with Gasteiger partial charge in [-0.3, -0.25) is 0 Å². The summed E-state index contributed by atoms with van der Waals surface area (Å²) in [5.74, 6) is 0.627. The fourth-order valence-corrected chi connectivity index (χ4v) is 2.80. The highest BCUT2D eigenvalue weighted by atomic mass is 79.9. The normalized spacial score (nSPS) is 14.9. The molecule has 0 aliphatic carbocycles. The highest BCUT2D eigenvalue weighted by Gasteiger charge is 2.22. The van der Waals surface area contributed by atoms with E-state index in [-0.39, 0.29) is 0 Å². The third-order valence-electron chi connectivity index (χ3n) is 3.45. The Labute approximate surface area is 115 Å². The Kier molecular flexibility index (Phi) is 5.72. The summed E-state index contributed by atoms with van der Waals surface area (Å²) in [4.78, 5) is 0. The maximum Gasteiger partial charge on any atom is 0.00885 e. The summed E-state index contributed by atoms with van der Waals surface area (Å²) in [5.41, 5.74) is 3.29. The van der Waals surface area contributed by atoms with E-state index in [0.29, 0.717) is 11.3 Å². The Balaban J connectivity index is 2.73. The Morgan fingerprint density at radius 1 is 1.18 bits per heavy atom. The molecule has 0 saturated carbocycles. The van der Waals surface area contributed by atoms with E-state index in [1.807, 2.05) is 0 Å². The van der Waals surface area contributed by atoms with E-state index in [2.05, 4.69) is 67.9 Å². The second kappa shape index (κ2) is 6.58. The van der Waals surface area contributed by atoms with Gasteiger partial charge < -0.3 is 0 Å². The topological polar surface area (TPSA) is 0 Å². The molecule has 0 bridgehead atoms. The van der Waals surface area contributed by atoms with Crippen LogP contribution < -0.4 is 0 Å². The van der Waals surface area contributed by atoms with Crippen molar-refractivity contribution in [2.75, 3.05) is 5.33 Å². The number of hydrogen-bond donors (Lipinski definition) is 0. The maximum atomic E-state index is 3.67. The summed E-state index contributed by atoms with van der Waals surface area (Å²) in [5, 5.41) is 1.08. The van der Waals surface area contributed by atoms with E-state index in [4.69, 9.17) is 0 Å². The first kappa shape index (κ1) is 14.8. The van der Waals surface area contributed by atoms with Crippen LogP contribution in [0.4, 0.5) is 0 Å². The lowest BCUT2D eigenvalue weighted by molar-refractivity contribution is 0.340. The second-order valence-corrected chi connectivity index (χ2v) is 6.33. The van der Waals surface area contributed by atoms with E-state index in [1.54, 1.807) is 0 Å². The molecule has 1 aromatic rings. The third-order valence-corrected chi connectivity index (χ3v) is 4.81. The van der Waals surface area contributed by atoms with Crippen molar-refractivity contribution in [3.63, 3.8) is 0 Å². The lowest BCUT2D eigenvalue weighted by Gasteiger charge is -2.27. The Morgan fingerprint density at radius 3 is 2.18 bits per heavy atom. The SMILES string of the molecule is CCCC(C)(CBr)Cc1ccc(C(C)C)cc1. The number of rotatable bonds is 6. The average molecular weight is 297 g/mol. The molecule has 1 atom stereocenters. The van der Waals surface area contributed by atoms with Crippen LogP contribution in [-0.4, -0.2) is 5.33 Å². The van der Waals surface area contributed by atoms with Crippen molar-refractivity contribution in [1.82, 2.24) is 0 Å². The zero-order chi connectivity index (χ0) is 12.9. The van der Waals surface area contributed by atoms with Gasteiger partial charge in [-0.2, -0.15) is 0 Å². The molecule has 1 unspecified atom stereocenters. The summed E-state index contributed by atoms with van der Waals surface area (Å²) in [6.45, 7) is 9.13. The van der Waals surface area contributed by atoms with Gasteiger partial charge in [-0.15, -0.1) is 0 Å². The predicted octanol–water partition coefficient (Wildman–Crippen LogP) is 5.55. The van der Waals surface area contributed by atoms with Crippen molar-refractivity contribution < 1.29 is 0 Å². The fraction of sp³-hybridized carbons (Fsp3) is 0.625. The van der Waals surface area contributed by atoms with Crippen molar-refractivity contribution in [2.24, 2.45) is 5.41 Å². The van der Waals surface area contributed by atoms with Gasteiger partial charge in [0.2, 0.25) is 0 Å². The maximum absolute atomic E-state index is 3.67. The van der Waals surface area contributed by atoms with E-state index >= 15 is 0 Å². The predicted molar refractivity (Wildman–Crippen MR) is 81.0 cm³/mol. The highest BCUT2D eigenvalue weighted by Crippen LogP contribution is 2.30. The van der Waals surface area contributed by atoms with Crippen molar-refractivity contribution in [2.45, 2.75) is 52.9 Å². The first-order valence-electron chi connectivity index (χ1n) is 6.65. The molecule has 1 rings (SSSR count). The van der Waals surface area contributed by atoms with E-state index in [1.165, 1.54) is 30.4 Å². The van der Waals surface area contributed by atoms with Crippen molar-refractivity contribution in [3.8, 4) is 0 Å². The quantitative estimate of drug-likeness (QED) is 0.603. The molecule has 0 aromatic heterocycles. The first-order chi connectivity index (χ1) is 8.00. The van der Waals surface area contributed by atoms with Crippen LogP contribution in [0.25, 0.3) is 0 Å². The van der Waals surface area contributed by atoms with Gasteiger partial charge in [0, 0.05) is 5.33 Å². The summed E-state index contributed by atoms with van der Waals surface area (Å²) in [6.07, 6.45) is 3.71. The van der Waals surface area contributed by atoms with Crippen LogP contribution in [0.2, 0.25) is 0 Å². The molecular weight excluding hydrogens is 272 g/mol. The third kappa shape index (κ3) is 4.46. The molecule has 0 aliphatic heterocycles. The van der Waals surface area contributed by atoms with Crippen molar-refractivity contribution in [1.29, 1.82) is 0 Å². The molecule has 0 heterocycles. The van der Waals surface area contributed by atoms with Crippen LogP contribution in [0.15, 0.2) is 24.3 Å². The van der Waals surface area contributed by atoms with Crippen LogP contribution in [-0.2, 0) is 6.42 Å². The van der Waals surface area contributed by atoms with E-state index in [0.717, 1.165) is 5.33 Å². The molecule has 0 radical (unpaired) electrons. The molecule has 17 heavy (non-hydrogen) atoms. The molecule has 0 fully saturated rings. The lowest BCUT2D eigenvalue weighted by atomic mass is 9.81. The molecule has 96 valence electrons. The van der Waals surface area contributed by atoms with E-state index in [9.17, 15) is 0 Å². The zero-order valence-corrected chi connectivity index (χ0v) is 13.2. The van der Waals surface area contributed by atoms with Crippen molar-refractivity contribution >= 4 is 15.9 Å². The van der Waals surface area contributed by atoms with Gasteiger partial charge in [-0.1, -0.05) is 74.3 Å². The zero-order valence-electron chi connectivity index (χ0n) is 11.6. The number of alkyl halides is 1. The number of hydrogen-bond acceptors (Lipinski definition) is 0. The molecule has 1 aromatic carbocycles. The summed E-state index contributed by atoms with van der Waals surface area (Å²) in [6, 6.07) is 9.15. The van der Waals surface area contributed by atoms with Gasteiger partial charge in [-0.25, -0.2) is 0 Å². The fourth-order valence-electron chi connectivity index (χ4n) is 2.32. The monoisotopic (exact) mass is 296 g/mol. The van der Waals surface area contributed by atoms with Gasteiger partial charge in [0.05, 0.1) is 0 Å². The first-order valence-corrected chi connectivity index (χ1v) is 7.77. The van der Waals surface area contributed by atoms with Gasteiger partial charge >= 0.3 is 0 Å². The molecule has 0 saturated heterocycles. The molecular formula is C16H25Br. The minimum absolute atomic E-state index is 0.397. The van der Waals surface area contributed by atoms with Crippen LogP contribution >= 0.6 is 15.9 Å². The minimum Gasteiger partial charge on any atom is -0.0922 e. The largest absolute Gasteiger partial charge is 0.0922 e. The number of benzene rings is 1. The Morgan fingerprint density at radius 2 is 1.76 bits per heavy atom. The van der Waals surface area contributed by atoms with Crippen molar-refractivity contribution in [3.05, 3.63) is 35.4 Å². The van der Waals surface area contributed by atoms with Crippen LogP contribution in [0.3, 0.4) is 0 Å². The van der Waals surface area contributed by atoms with Crippen LogP contribution in [0.5, 0.6) is 0 Å². The average Bonchev–Trinajstić information content (AvgIpc) is 2.30. The Hall–Kier alpha value is -0.300. The van der Waals surface area contributed by atoms with Gasteiger partial charge in [-0.05, 0) is 35.3 Å². The molecule has 0 N–H and O–H groups in total. The minimum atomic E-state index is 0.397. The highest BCUT2D eigenvalue weighted by molar-refractivity contribution is 9.09. The van der Waals surface area contributed by atoms with Crippen LogP contribution in [0, 0.1) is 5.41 Å². The van der Waals surface area contributed by atoms with Gasteiger partial charge in [0.25, 0.3) is 0 Å².